The van der Waals surface area contributed by atoms with Gasteiger partial charge in [-0.05, 0) is 28.9 Å². The first kappa shape index (κ1) is 13.9. The van der Waals surface area contributed by atoms with Gasteiger partial charge >= 0.3 is 0 Å². The van der Waals surface area contributed by atoms with Crippen molar-refractivity contribution in [1.29, 1.82) is 0 Å². The van der Waals surface area contributed by atoms with Gasteiger partial charge in [-0.15, -0.1) is 0 Å². The van der Waals surface area contributed by atoms with Crippen molar-refractivity contribution in [3.63, 3.8) is 0 Å². The number of hydrogen-bond donors (Lipinski definition) is 0. The highest BCUT2D eigenvalue weighted by Crippen LogP contribution is 2.50. The lowest BCUT2D eigenvalue weighted by molar-refractivity contribution is 0.0198. The Balaban J connectivity index is 1.81. The van der Waals surface area contributed by atoms with Crippen LogP contribution < -0.4 is 0 Å². The molecule has 2 rings (SSSR count). The minimum absolute atomic E-state index is 0.172. The summed E-state index contributed by atoms with van der Waals surface area (Å²) < 4.78 is 10.8. The molecule has 1 aliphatic rings. The molecule has 1 aromatic rings. The lowest BCUT2D eigenvalue weighted by Gasteiger charge is -2.46. The van der Waals surface area contributed by atoms with Gasteiger partial charge in [-0.3, -0.25) is 0 Å². The molecule has 1 atom stereocenters. The Kier molecular flexibility index (Phi) is 4.47. The Morgan fingerprint density at radius 2 is 2.05 bits per heavy atom. The second-order valence-corrected chi connectivity index (χ2v) is 5.60. The third kappa shape index (κ3) is 3.28. The van der Waals surface area contributed by atoms with Crippen LogP contribution in [-0.4, -0.2) is 13.7 Å². The van der Waals surface area contributed by atoms with Crippen molar-refractivity contribution in [3.05, 3.63) is 53.5 Å². The summed E-state index contributed by atoms with van der Waals surface area (Å²) >= 11 is 0. The molecule has 1 aromatic carbocycles. The Labute approximate surface area is 115 Å². The summed E-state index contributed by atoms with van der Waals surface area (Å²) in [7, 11) is 1.65. The van der Waals surface area contributed by atoms with Gasteiger partial charge in [0.25, 0.3) is 0 Å². The SMILES string of the molecule is COC=C=C1CC(COCc2ccccc2)C1(C)C. The predicted octanol–water partition coefficient (Wildman–Crippen LogP) is 3.93. The maximum absolute atomic E-state index is 5.83. The van der Waals surface area contributed by atoms with Crippen LogP contribution in [-0.2, 0) is 16.1 Å². The minimum atomic E-state index is 0.172. The Hall–Kier alpha value is -1.50. The summed E-state index contributed by atoms with van der Waals surface area (Å²) in [5.41, 5.74) is 5.94. The van der Waals surface area contributed by atoms with E-state index in [1.54, 1.807) is 13.4 Å². The fraction of sp³-hybridized carbons (Fsp3) is 0.471. The molecule has 0 spiro atoms. The molecule has 2 heteroatoms. The molecular weight excluding hydrogens is 236 g/mol. The van der Waals surface area contributed by atoms with Crippen LogP contribution >= 0.6 is 0 Å². The van der Waals surface area contributed by atoms with E-state index in [0.29, 0.717) is 12.5 Å². The van der Waals surface area contributed by atoms with E-state index in [9.17, 15) is 0 Å². The quantitative estimate of drug-likeness (QED) is 0.588. The molecule has 0 heterocycles. The van der Waals surface area contributed by atoms with Crippen LogP contribution in [0.2, 0.25) is 0 Å². The molecular formula is C17H22O2. The van der Waals surface area contributed by atoms with E-state index in [1.165, 1.54) is 11.1 Å². The molecule has 2 nitrogen and oxygen atoms in total. The van der Waals surface area contributed by atoms with Gasteiger partial charge in [0.2, 0.25) is 0 Å². The monoisotopic (exact) mass is 258 g/mol. The van der Waals surface area contributed by atoms with Gasteiger partial charge < -0.3 is 9.47 Å². The summed E-state index contributed by atoms with van der Waals surface area (Å²) in [4.78, 5) is 0. The van der Waals surface area contributed by atoms with Crippen LogP contribution in [0.1, 0.15) is 25.8 Å². The molecule has 1 fully saturated rings. The third-order valence-electron chi connectivity index (χ3n) is 4.03. The van der Waals surface area contributed by atoms with E-state index in [4.69, 9.17) is 9.47 Å². The smallest absolute Gasteiger partial charge is 0.125 e. The number of ether oxygens (including phenoxy) is 2. The number of hydrogen-bond acceptors (Lipinski definition) is 2. The normalized spacial score (nSPS) is 20.4. The average Bonchev–Trinajstić information content (AvgIpc) is 2.42. The zero-order valence-electron chi connectivity index (χ0n) is 12.0. The van der Waals surface area contributed by atoms with Crippen molar-refractivity contribution < 1.29 is 9.47 Å². The second-order valence-electron chi connectivity index (χ2n) is 5.60. The van der Waals surface area contributed by atoms with Crippen molar-refractivity contribution in [2.75, 3.05) is 13.7 Å². The summed E-state index contributed by atoms with van der Waals surface area (Å²) in [6.45, 7) is 6.00. The van der Waals surface area contributed by atoms with E-state index in [0.717, 1.165) is 13.0 Å². The Morgan fingerprint density at radius 1 is 1.32 bits per heavy atom. The van der Waals surface area contributed by atoms with Crippen LogP contribution in [0.4, 0.5) is 0 Å². The maximum Gasteiger partial charge on any atom is 0.125 e. The van der Waals surface area contributed by atoms with Gasteiger partial charge in [0, 0.05) is 0 Å². The molecule has 19 heavy (non-hydrogen) atoms. The number of benzene rings is 1. The summed E-state index contributed by atoms with van der Waals surface area (Å²) in [6.07, 6.45) is 2.69. The van der Waals surface area contributed by atoms with Gasteiger partial charge in [-0.2, -0.15) is 0 Å². The number of allylic oxidation sites excluding steroid dienone is 1. The average molecular weight is 258 g/mol. The van der Waals surface area contributed by atoms with Gasteiger partial charge in [0.1, 0.15) is 6.26 Å². The molecule has 0 amide bonds. The fourth-order valence-electron chi connectivity index (χ4n) is 2.42. The standard InChI is InChI=1S/C17H22O2/c1-17(2)15(9-10-18-3)11-16(17)13-19-12-14-7-5-4-6-8-14/h4-8,10,16H,11-13H2,1-3H3. The van der Waals surface area contributed by atoms with E-state index in [-0.39, 0.29) is 5.41 Å². The van der Waals surface area contributed by atoms with Gasteiger partial charge in [0.05, 0.1) is 20.3 Å². The summed E-state index contributed by atoms with van der Waals surface area (Å²) in [5.74, 6) is 0.573. The summed E-state index contributed by atoms with van der Waals surface area (Å²) in [6, 6.07) is 10.3. The van der Waals surface area contributed by atoms with Crippen LogP contribution in [0.25, 0.3) is 0 Å². The highest BCUT2D eigenvalue weighted by atomic mass is 16.5. The van der Waals surface area contributed by atoms with Crippen molar-refractivity contribution in [3.8, 4) is 0 Å². The van der Waals surface area contributed by atoms with Crippen molar-refractivity contribution in [2.24, 2.45) is 11.3 Å². The Morgan fingerprint density at radius 3 is 2.68 bits per heavy atom. The molecule has 0 radical (unpaired) electrons. The lowest BCUT2D eigenvalue weighted by Crippen LogP contribution is -2.40. The molecule has 0 bridgehead atoms. The highest BCUT2D eigenvalue weighted by molar-refractivity contribution is 5.23. The molecule has 0 N–H and O–H groups in total. The van der Waals surface area contributed by atoms with Crippen molar-refractivity contribution in [2.45, 2.75) is 26.9 Å². The molecule has 1 aliphatic carbocycles. The molecule has 102 valence electrons. The molecule has 1 saturated carbocycles. The second kappa shape index (κ2) is 6.10. The zero-order valence-corrected chi connectivity index (χ0v) is 12.0. The first-order valence-corrected chi connectivity index (χ1v) is 6.73. The van der Waals surface area contributed by atoms with Gasteiger partial charge in [-0.1, -0.05) is 49.9 Å². The topological polar surface area (TPSA) is 18.5 Å². The van der Waals surface area contributed by atoms with E-state index in [1.807, 2.05) is 18.2 Å². The van der Waals surface area contributed by atoms with Gasteiger partial charge in [0.15, 0.2) is 0 Å². The van der Waals surface area contributed by atoms with Crippen LogP contribution in [0.3, 0.4) is 0 Å². The van der Waals surface area contributed by atoms with E-state index in [2.05, 4.69) is 31.7 Å². The zero-order chi connectivity index (χ0) is 13.7. The fourth-order valence-corrected chi connectivity index (χ4v) is 2.42. The molecule has 0 aromatic heterocycles. The molecule has 0 saturated heterocycles. The maximum atomic E-state index is 5.83. The van der Waals surface area contributed by atoms with E-state index >= 15 is 0 Å². The molecule has 1 unspecified atom stereocenters. The van der Waals surface area contributed by atoms with Crippen LogP contribution in [0, 0.1) is 11.3 Å². The minimum Gasteiger partial charge on any atom is -0.496 e. The van der Waals surface area contributed by atoms with Crippen molar-refractivity contribution in [1.82, 2.24) is 0 Å². The molecule has 0 aliphatic heterocycles. The van der Waals surface area contributed by atoms with Gasteiger partial charge in [-0.25, -0.2) is 0 Å². The van der Waals surface area contributed by atoms with Crippen LogP contribution in [0.5, 0.6) is 0 Å². The Bertz CT molecular complexity index is 467. The largest absolute Gasteiger partial charge is 0.496 e. The van der Waals surface area contributed by atoms with E-state index < -0.39 is 0 Å². The summed E-state index contributed by atoms with van der Waals surface area (Å²) in [5, 5.41) is 0. The first-order chi connectivity index (χ1) is 9.14. The highest BCUT2D eigenvalue weighted by Gasteiger charge is 2.43. The lowest BCUT2D eigenvalue weighted by atomic mass is 9.59. The predicted molar refractivity (Wildman–Crippen MR) is 76.6 cm³/mol. The first-order valence-electron chi connectivity index (χ1n) is 6.73. The number of rotatable bonds is 5. The number of methoxy groups -OCH3 is 1. The third-order valence-corrected chi connectivity index (χ3v) is 4.03. The van der Waals surface area contributed by atoms with Crippen molar-refractivity contribution >= 4 is 0 Å². The van der Waals surface area contributed by atoms with Crippen LogP contribution in [0.15, 0.2) is 47.9 Å².